The molecule has 6 nitrogen and oxygen atoms in total. The molecule has 3 rings (SSSR count). The molecule has 0 bridgehead atoms. The number of benzene rings is 1. The minimum absolute atomic E-state index is 0.0658. The number of aryl methyl sites for hydroxylation is 2. The summed E-state index contributed by atoms with van der Waals surface area (Å²) >= 11 is 1.42. The predicted octanol–water partition coefficient (Wildman–Crippen LogP) is 4.08. The summed E-state index contributed by atoms with van der Waals surface area (Å²) in [4.78, 5) is 16.8. The molecule has 2 aromatic heterocycles. The van der Waals surface area contributed by atoms with E-state index in [0.717, 1.165) is 27.9 Å². The maximum atomic E-state index is 12.4. The van der Waals surface area contributed by atoms with Gasteiger partial charge in [0.1, 0.15) is 0 Å². The summed E-state index contributed by atoms with van der Waals surface area (Å²) in [5.41, 5.74) is 4.89. The van der Waals surface area contributed by atoms with Crippen LogP contribution in [-0.4, -0.2) is 31.0 Å². The first-order valence-corrected chi connectivity index (χ1v) is 9.92. The van der Waals surface area contributed by atoms with E-state index in [1.807, 2.05) is 31.7 Å². The Labute approximate surface area is 164 Å². The summed E-state index contributed by atoms with van der Waals surface area (Å²) in [7, 11) is 1.87. The number of thioether (sulfide) groups is 1. The molecule has 1 N–H and O–H groups in total. The lowest BCUT2D eigenvalue weighted by Gasteiger charge is -2.10. The van der Waals surface area contributed by atoms with Crippen molar-refractivity contribution in [3.63, 3.8) is 0 Å². The van der Waals surface area contributed by atoms with Crippen molar-refractivity contribution >= 4 is 23.4 Å². The Bertz CT molecular complexity index is 940. The number of nitrogens with one attached hydrogen (secondary N) is 1. The van der Waals surface area contributed by atoms with Crippen molar-refractivity contribution in [1.29, 1.82) is 0 Å². The fraction of sp³-hybridized carbons (Fsp3) is 0.350. The van der Waals surface area contributed by atoms with Crippen molar-refractivity contribution < 1.29 is 4.79 Å². The quantitative estimate of drug-likeness (QED) is 0.652. The van der Waals surface area contributed by atoms with Crippen LogP contribution < -0.4 is 5.32 Å². The van der Waals surface area contributed by atoms with E-state index in [4.69, 9.17) is 0 Å². The van der Waals surface area contributed by atoms with Crippen LogP contribution in [0.15, 0.2) is 41.8 Å². The van der Waals surface area contributed by atoms with Gasteiger partial charge in [-0.2, -0.15) is 5.10 Å². The lowest BCUT2D eigenvalue weighted by molar-refractivity contribution is -0.113. The normalized spacial score (nSPS) is 11.2. The molecule has 0 aliphatic carbocycles. The maximum Gasteiger partial charge on any atom is 0.234 e. The SMILES string of the molecule is Cc1nn(C)c(C)c1NC(=O)CSc1nccn1-c1ccc(C(C)C)cc1. The van der Waals surface area contributed by atoms with E-state index in [9.17, 15) is 4.79 Å². The van der Waals surface area contributed by atoms with Gasteiger partial charge in [-0.1, -0.05) is 37.7 Å². The lowest BCUT2D eigenvalue weighted by atomic mass is 10.0. The van der Waals surface area contributed by atoms with Gasteiger partial charge >= 0.3 is 0 Å². The highest BCUT2D eigenvalue weighted by Crippen LogP contribution is 2.23. The highest BCUT2D eigenvalue weighted by atomic mass is 32.2. The third-order valence-corrected chi connectivity index (χ3v) is 5.52. The van der Waals surface area contributed by atoms with Gasteiger partial charge in [-0.05, 0) is 37.5 Å². The molecule has 0 unspecified atom stereocenters. The topological polar surface area (TPSA) is 64.7 Å². The van der Waals surface area contributed by atoms with Crippen molar-refractivity contribution in [3.05, 3.63) is 53.6 Å². The van der Waals surface area contributed by atoms with Crippen LogP contribution in [0.1, 0.15) is 36.7 Å². The molecule has 0 spiro atoms. The van der Waals surface area contributed by atoms with Gasteiger partial charge in [0.25, 0.3) is 0 Å². The van der Waals surface area contributed by atoms with E-state index in [-0.39, 0.29) is 11.7 Å². The average Bonchev–Trinajstić information content (AvgIpc) is 3.20. The molecule has 1 aromatic carbocycles. The van der Waals surface area contributed by atoms with Crippen LogP contribution in [0.25, 0.3) is 5.69 Å². The van der Waals surface area contributed by atoms with Crippen LogP contribution in [0.4, 0.5) is 5.69 Å². The molecule has 7 heteroatoms. The van der Waals surface area contributed by atoms with Crippen LogP contribution in [-0.2, 0) is 11.8 Å². The first kappa shape index (κ1) is 19.2. The minimum atomic E-state index is -0.0658. The third kappa shape index (κ3) is 4.24. The van der Waals surface area contributed by atoms with Gasteiger partial charge < -0.3 is 5.32 Å². The second kappa shape index (κ2) is 8.00. The number of anilines is 1. The number of imidazole rings is 1. The third-order valence-electron chi connectivity index (χ3n) is 4.55. The van der Waals surface area contributed by atoms with Gasteiger partial charge in [0.15, 0.2) is 5.16 Å². The Hall–Kier alpha value is -2.54. The van der Waals surface area contributed by atoms with Crippen LogP contribution in [0, 0.1) is 13.8 Å². The highest BCUT2D eigenvalue weighted by Gasteiger charge is 2.14. The summed E-state index contributed by atoms with van der Waals surface area (Å²) in [6, 6.07) is 8.44. The van der Waals surface area contributed by atoms with E-state index in [1.54, 1.807) is 10.9 Å². The predicted molar refractivity (Wildman–Crippen MR) is 110 cm³/mol. The second-order valence-corrected chi connectivity index (χ2v) is 7.77. The Kier molecular flexibility index (Phi) is 5.70. The summed E-state index contributed by atoms with van der Waals surface area (Å²) in [5, 5.41) is 8.08. The Balaban J connectivity index is 1.67. The fourth-order valence-electron chi connectivity index (χ4n) is 2.87. The average molecular weight is 384 g/mol. The molecule has 2 heterocycles. The maximum absolute atomic E-state index is 12.4. The second-order valence-electron chi connectivity index (χ2n) is 6.83. The van der Waals surface area contributed by atoms with Crippen LogP contribution in [0.2, 0.25) is 0 Å². The number of amides is 1. The van der Waals surface area contributed by atoms with Gasteiger partial charge in [-0.25, -0.2) is 4.98 Å². The number of hydrogen-bond donors (Lipinski definition) is 1. The zero-order chi connectivity index (χ0) is 19.6. The summed E-state index contributed by atoms with van der Waals surface area (Å²) in [6.07, 6.45) is 3.67. The standard InChI is InChI=1S/C20H25N5OS/c1-13(2)16-6-8-17(9-7-16)25-11-10-21-20(25)27-12-18(26)22-19-14(3)23-24(5)15(19)4/h6-11,13H,12H2,1-5H3,(H,22,26). The summed E-state index contributed by atoms with van der Waals surface area (Å²) in [6.45, 7) is 8.19. The molecule has 142 valence electrons. The summed E-state index contributed by atoms with van der Waals surface area (Å²) < 4.78 is 3.77. The molecule has 0 saturated carbocycles. The fourth-order valence-corrected chi connectivity index (χ4v) is 3.65. The van der Waals surface area contributed by atoms with E-state index in [0.29, 0.717) is 5.92 Å². The first-order valence-electron chi connectivity index (χ1n) is 8.93. The van der Waals surface area contributed by atoms with Crippen molar-refractivity contribution in [2.45, 2.75) is 38.8 Å². The highest BCUT2D eigenvalue weighted by molar-refractivity contribution is 7.99. The largest absolute Gasteiger partial charge is 0.322 e. The number of carbonyl (C=O) groups is 1. The van der Waals surface area contributed by atoms with Crippen molar-refractivity contribution in [3.8, 4) is 5.69 Å². The van der Waals surface area contributed by atoms with Crippen LogP contribution >= 0.6 is 11.8 Å². The zero-order valence-electron chi connectivity index (χ0n) is 16.4. The Morgan fingerprint density at radius 3 is 2.52 bits per heavy atom. The van der Waals surface area contributed by atoms with Gasteiger partial charge in [0, 0.05) is 25.1 Å². The summed E-state index contributed by atoms with van der Waals surface area (Å²) in [5.74, 6) is 0.720. The van der Waals surface area contributed by atoms with E-state index in [2.05, 4.69) is 53.5 Å². The Morgan fingerprint density at radius 2 is 1.93 bits per heavy atom. The monoisotopic (exact) mass is 383 g/mol. The number of hydrogen-bond acceptors (Lipinski definition) is 4. The van der Waals surface area contributed by atoms with Gasteiger partial charge in [-0.3, -0.25) is 14.0 Å². The zero-order valence-corrected chi connectivity index (χ0v) is 17.2. The molecule has 0 aliphatic heterocycles. The first-order chi connectivity index (χ1) is 12.9. The van der Waals surface area contributed by atoms with E-state index < -0.39 is 0 Å². The van der Waals surface area contributed by atoms with Crippen LogP contribution in [0.3, 0.4) is 0 Å². The van der Waals surface area contributed by atoms with E-state index in [1.165, 1.54) is 17.3 Å². The molecule has 0 fully saturated rings. The molecule has 0 saturated heterocycles. The van der Waals surface area contributed by atoms with Gasteiger partial charge in [-0.15, -0.1) is 0 Å². The number of carbonyl (C=O) groups excluding carboxylic acids is 1. The molecule has 0 atom stereocenters. The molecule has 1 amide bonds. The Morgan fingerprint density at radius 1 is 1.22 bits per heavy atom. The minimum Gasteiger partial charge on any atom is -0.322 e. The lowest BCUT2D eigenvalue weighted by Crippen LogP contribution is -2.15. The van der Waals surface area contributed by atoms with Gasteiger partial charge in [0.2, 0.25) is 5.91 Å². The van der Waals surface area contributed by atoms with Crippen molar-refractivity contribution in [2.75, 3.05) is 11.1 Å². The molecule has 27 heavy (non-hydrogen) atoms. The number of rotatable bonds is 6. The number of aromatic nitrogens is 4. The molecule has 0 aliphatic rings. The van der Waals surface area contributed by atoms with Gasteiger partial charge in [0.05, 0.1) is 22.8 Å². The molecule has 3 aromatic rings. The molecular formula is C20H25N5OS. The number of nitrogens with zero attached hydrogens (tertiary/aromatic N) is 4. The van der Waals surface area contributed by atoms with Crippen molar-refractivity contribution in [2.24, 2.45) is 7.05 Å². The molecule has 0 radical (unpaired) electrons. The van der Waals surface area contributed by atoms with E-state index >= 15 is 0 Å². The molecular weight excluding hydrogens is 358 g/mol. The van der Waals surface area contributed by atoms with Crippen molar-refractivity contribution in [1.82, 2.24) is 19.3 Å². The smallest absolute Gasteiger partial charge is 0.234 e. The van der Waals surface area contributed by atoms with Crippen LogP contribution in [0.5, 0.6) is 0 Å².